The molecule has 0 aromatic heterocycles. The number of hydrogen-bond donors (Lipinski definition) is 1. The molecular formula is C11H15FN2O2S. The number of anilines is 1. The summed E-state index contributed by atoms with van der Waals surface area (Å²) in [4.78, 5) is -0.0430. The van der Waals surface area contributed by atoms with Crippen molar-refractivity contribution in [2.24, 2.45) is 0 Å². The van der Waals surface area contributed by atoms with Crippen molar-refractivity contribution in [3.8, 4) is 0 Å². The SMILES string of the molecule is CN(C1CCC1)S(=O)(=O)c1ccc(N)c(F)c1. The molecule has 0 heterocycles. The molecular weight excluding hydrogens is 243 g/mol. The van der Waals surface area contributed by atoms with E-state index in [9.17, 15) is 12.8 Å². The summed E-state index contributed by atoms with van der Waals surface area (Å²) in [6.07, 6.45) is 2.78. The summed E-state index contributed by atoms with van der Waals surface area (Å²) in [5, 5.41) is 0. The van der Waals surface area contributed by atoms with Crippen LogP contribution < -0.4 is 5.73 Å². The molecule has 17 heavy (non-hydrogen) atoms. The maximum atomic E-state index is 13.3. The van der Waals surface area contributed by atoms with Crippen LogP contribution in [-0.4, -0.2) is 25.8 Å². The lowest BCUT2D eigenvalue weighted by molar-refractivity contribution is 0.249. The number of nitrogens with zero attached hydrogens (tertiary/aromatic N) is 1. The van der Waals surface area contributed by atoms with E-state index in [1.165, 1.54) is 23.5 Å². The molecule has 1 aliphatic carbocycles. The van der Waals surface area contributed by atoms with Crippen LogP contribution in [-0.2, 0) is 10.0 Å². The predicted molar refractivity (Wildman–Crippen MR) is 63.4 cm³/mol. The van der Waals surface area contributed by atoms with Gasteiger partial charge in [-0.05, 0) is 31.0 Å². The minimum atomic E-state index is -3.60. The average Bonchev–Trinajstić information content (AvgIpc) is 2.19. The van der Waals surface area contributed by atoms with Crippen molar-refractivity contribution in [1.82, 2.24) is 4.31 Å². The monoisotopic (exact) mass is 258 g/mol. The minimum absolute atomic E-state index is 0.0422. The maximum Gasteiger partial charge on any atom is 0.243 e. The first kappa shape index (κ1) is 12.3. The highest BCUT2D eigenvalue weighted by atomic mass is 32.2. The van der Waals surface area contributed by atoms with E-state index in [0.717, 1.165) is 25.3 Å². The highest BCUT2D eigenvalue weighted by molar-refractivity contribution is 7.89. The zero-order valence-electron chi connectivity index (χ0n) is 9.56. The number of hydrogen-bond acceptors (Lipinski definition) is 3. The Kier molecular flexibility index (Phi) is 3.09. The summed E-state index contributed by atoms with van der Waals surface area (Å²) in [6, 6.07) is 3.63. The Morgan fingerprint density at radius 3 is 2.53 bits per heavy atom. The summed E-state index contributed by atoms with van der Waals surface area (Å²) in [5.41, 5.74) is 5.28. The molecule has 1 fully saturated rings. The molecule has 1 saturated carbocycles. The molecule has 1 aromatic carbocycles. The number of benzene rings is 1. The Labute approximate surface area is 100 Å². The maximum absolute atomic E-state index is 13.3. The lowest BCUT2D eigenvalue weighted by Crippen LogP contribution is -2.41. The molecule has 0 spiro atoms. The third-order valence-electron chi connectivity index (χ3n) is 3.24. The fourth-order valence-corrected chi connectivity index (χ4v) is 3.21. The second-order valence-corrected chi connectivity index (χ2v) is 6.29. The van der Waals surface area contributed by atoms with Gasteiger partial charge in [-0.2, -0.15) is 4.31 Å². The Hall–Kier alpha value is -1.14. The second kappa shape index (κ2) is 4.27. The van der Waals surface area contributed by atoms with Crippen molar-refractivity contribution in [3.63, 3.8) is 0 Å². The van der Waals surface area contributed by atoms with Crippen molar-refractivity contribution in [2.45, 2.75) is 30.2 Å². The summed E-state index contributed by atoms with van der Waals surface area (Å²) in [7, 11) is -2.07. The lowest BCUT2D eigenvalue weighted by atomic mass is 9.94. The number of nitrogen functional groups attached to an aromatic ring is 1. The molecule has 0 saturated heterocycles. The third-order valence-corrected chi connectivity index (χ3v) is 5.14. The molecule has 6 heteroatoms. The summed E-state index contributed by atoms with van der Waals surface area (Å²) >= 11 is 0. The minimum Gasteiger partial charge on any atom is -0.396 e. The van der Waals surface area contributed by atoms with Crippen LogP contribution in [0, 0.1) is 5.82 Å². The molecule has 1 aliphatic rings. The largest absolute Gasteiger partial charge is 0.396 e. The predicted octanol–water partition coefficient (Wildman–Crippen LogP) is 1.58. The Balaban J connectivity index is 2.33. The van der Waals surface area contributed by atoms with Gasteiger partial charge in [-0.1, -0.05) is 6.42 Å². The summed E-state index contributed by atoms with van der Waals surface area (Å²) < 4.78 is 38.9. The molecule has 0 amide bonds. The summed E-state index contributed by atoms with van der Waals surface area (Å²) in [5.74, 6) is -0.701. The first-order valence-electron chi connectivity index (χ1n) is 5.46. The zero-order valence-corrected chi connectivity index (χ0v) is 10.4. The molecule has 4 nitrogen and oxygen atoms in total. The van der Waals surface area contributed by atoms with Crippen LogP contribution in [0.4, 0.5) is 10.1 Å². The molecule has 0 bridgehead atoms. The Morgan fingerprint density at radius 2 is 2.06 bits per heavy atom. The molecule has 0 atom stereocenters. The van der Waals surface area contributed by atoms with Crippen molar-refractivity contribution in [1.29, 1.82) is 0 Å². The number of nitrogens with two attached hydrogens (primary N) is 1. The molecule has 0 aliphatic heterocycles. The number of rotatable bonds is 3. The van der Waals surface area contributed by atoms with Gasteiger partial charge in [-0.3, -0.25) is 0 Å². The molecule has 2 rings (SSSR count). The van der Waals surface area contributed by atoms with Crippen LogP contribution in [0.25, 0.3) is 0 Å². The van der Waals surface area contributed by atoms with Crippen LogP contribution in [0.3, 0.4) is 0 Å². The third kappa shape index (κ3) is 2.14. The highest BCUT2D eigenvalue weighted by Gasteiger charge is 2.31. The standard InChI is InChI=1S/C11H15FN2O2S/c1-14(8-3-2-4-8)17(15,16)9-5-6-11(13)10(12)7-9/h5-8H,2-4,13H2,1H3. The first-order chi connectivity index (χ1) is 7.93. The summed E-state index contributed by atoms with van der Waals surface area (Å²) in [6.45, 7) is 0. The quantitative estimate of drug-likeness (QED) is 0.837. The van der Waals surface area contributed by atoms with E-state index >= 15 is 0 Å². The first-order valence-corrected chi connectivity index (χ1v) is 6.90. The second-order valence-electron chi connectivity index (χ2n) is 4.29. The van der Waals surface area contributed by atoms with E-state index in [0.29, 0.717) is 0 Å². The van der Waals surface area contributed by atoms with E-state index in [2.05, 4.69) is 0 Å². The van der Waals surface area contributed by atoms with Crippen molar-refractivity contribution < 1.29 is 12.8 Å². The van der Waals surface area contributed by atoms with Crippen LogP contribution >= 0.6 is 0 Å². The highest BCUT2D eigenvalue weighted by Crippen LogP contribution is 2.29. The van der Waals surface area contributed by atoms with Gasteiger partial charge in [-0.15, -0.1) is 0 Å². The van der Waals surface area contributed by atoms with Crippen molar-refractivity contribution >= 4 is 15.7 Å². The van der Waals surface area contributed by atoms with Crippen LogP contribution in [0.1, 0.15) is 19.3 Å². The van der Waals surface area contributed by atoms with Crippen LogP contribution in [0.2, 0.25) is 0 Å². The van der Waals surface area contributed by atoms with Gasteiger partial charge in [-0.25, -0.2) is 12.8 Å². The van der Waals surface area contributed by atoms with Gasteiger partial charge >= 0.3 is 0 Å². The van der Waals surface area contributed by atoms with E-state index in [1.807, 2.05) is 0 Å². The van der Waals surface area contributed by atoms with Crippen molar-refractivity contribution in [2.75, 3.05) is 12.8 Å². The average molecular weight is 258 g/mol. The fourth-order valence-electron chi connectivity index (χ4n) is 1.78. The molecule has 94 valence electrons. The zero-order chi connectivity index (χ0) is 12.6. The fraction of sp³-hybridized carbons (Fsp3) is 0.455. The van der Waals surface area contributed by atoms with Crippen LogP contribution in [0.5, 0.6) is 0 Å². The molecule has 0 radical (unpaired) electrons. The molecule has 1 aromatic rings. The number of sulfonamides is 1. The topological polar surface area (TPSA) is 63.4 Å². The molecule has 2 N–H and O–H groups in total. The smallest absolute Gasteiger partial charge is 0.243 e. The van der Waals surface area contributed by atoms with E-state index < -0.39 is 15.8 Å². The van der Waals surface area contributed by atoms with Gasteiger partial charge in [0.2, 0.25) is 10.0 Å². The normalized spacial score (nSPS) is 17.1. The van der Waals surface area contributed by atoms with E-state index in [1.54, 1.807) is 0 Å². The lowest BCUT2D eigenvalue weighted by Gasteiger charge is -2.33. The van der Waals surface area contributed by atoms with Gasteiger partial charge < -0.3 is 5.73 Å². The van der Waals surface area contributed by atoms with Crippen LogP contribution in [0.15, 0.2) is 23.1 Å². The van der Waals surface area contributed by atoms with Gasteiger partial charge in [0.1, 0.15) is 5.82 Å². The van der Waals surface area contributed by atoms with Crippen molar-refractivity contribution in [3.05, 3.63) is 24.0 Å². The van der Waals surface area contributed by atoms with Gasteiger partial charge in [0.15, 0.2) is 0 Å². The van der Waals surface area contributed by atoms with E-state index in [4.69, 9.17) is 5.73 Å². The van der Waals surface area contributed by atoms with Gasteiger partial charge in [0, 0.05) is 13.1 Å². The van der Waals surface area contributed by atoms with Gasteiger partial charge in [0.05, 0.1) is 10.6 Å². The number of halogens is 1. The molecule has 0 unspecified atom stereocenters. The Morgan fingerprint density at radius 1 is 1.41 bits per heavy atom. The van der Waals surface area contributed by atoms with Gasteiger partial charge in [0.25, 0.3) is 0 Å². The van der Waals surface area contributed by atoms with E-state index in [-0.39, 0.29) is 16.6 Å². The Bertz CT molecular complexity index is 526.